The van der Waals surface area contributed by atoms with Crippen LogP contribution >= 0.6 is 11.6 Å². The fourth-order valence-corrected chi connectivity index (χ4v) is 3.22. The number of benzene rings is 1. The van der Waals surface area contributed by atoms with Crippen molar-refractivity contribution in [2.45, 2.75) is 17.7 Å². The molecule has 0 radical (unpaired) electrons. The lowest BCUT2D eigenvalue weighted by molar-refractivity contribution is 0.0500. The molecule has 2 rings (SSSR count). The van der Waals surface area contributed by atoms with E-state index in [0.29, 0.717) is 6.42 Å². The molecule has 134 valence electrons. The van der Waals surface area contributed by atoms with Crippen LogP contribution in [0.1, 0.15) is 22.3 Å². The smallest absolute Gasteiger partial charge is 0.339 e. The number of carbonyl (C=O) groups is 1. The number of aromatic nitrogens is 1. The van der Waals surface area contributed by atoms with E-state index in [1.165, 1.54) is 32.3 Å². The van der Waals surface area contributed by atoms with Crippen molar-refractivity contribution < 1.29 is 17.9 Å². The molecule has 6 nitrogen and oxygen atoms in total. The van der Waals surface area contributed by atoms with Gasteiger partial charge in [-0.25, -0.2) is 17.5 Å². The molecule has 0 saturated carbocycles. The highest BCUT2D eigenvalue weighted by Gasteiger charge is 2.21. The molecule has 0 N–H and O–H groups in total. The minimum Gasteiger partial charge on any atom is -0.462 e. The standard InChI is InChI=1S/C17H19ClN2O4S/c1-20(2)25(22,23)14-5-6-16(18)15(12-14)17(21)24-11-3-4-13-7-9-19-10-8-13/h5-10,12H,3-4,11H2,1-2H3. The van der Waals surface area contributed by atoms with Gasteiger partial charge in [-0.05, 0) is 48.7 Å². The zero-order chi connectivity index (χ0) is 18.4. The summed E-state index contributed by atoms with van der Waals surface area (Å²) in [6.07, 6.45) is 4.80. The maximum Gasteiger partial charge on any atom is 0.339 e. The fraction of sp³-hybridized carbons (Fsp3) is 0.294. The summed E-state index contributed by atoms with van der Waals surface area (Å²) in [6, 6.07) is 7.77. The Hall–Kier alpha value is -1.96. The first kappa shape index (κ1) is 19.4. The highest BCUT2D eigenvalue weighted by atomic mass is 35.5. The third kappa shape index (κ3) is 5.01. The Morgan fingerprint density at radius 1 is 1.20 bits per heavy atom. The number of carbonyl (C=O) groups excluding carboxylic acids is 1. The third-order valence-electron chi connectivity index (χ3n) is 3.53. The van der Waals surface area contributed by atoms with Crippen LogP contribution in [-0.2, 0) is 21.2 Å². The van der Waals surface area contributed by atoms with E-state index >= 15 is 0 Å². The van der Waals surface area contributed by atoms with Crippen molar-refractivity contribution in [1.29, 1.82) is 0 Å². The van der Waals surface area contributed by atoms with Gasteiger partial charge in [0.15, 0.2) is 0 Å². The first-order valence-corrected chi connectivity index (χ1v) is 9.42. The molecule has 0 aliphatic carbocycles. The number of hydrogen-bond acceptors (Lipinski definition) is 5. The van der Waals surface area contributed by atoms with Crippen LogP contribution in [0.4, 0.5) is 0 Å². The van der Waals surface area contributed by atoms with Crippen LogP contribution < -0.4 is 0 Å². The van der Waals surface area contributed by atoms with Crippen molar-refractivity contribution in [3.8, 4) is 0 Å². The van der Waals surface area contributed by atoms with Crippen molar-refractivity contribution in [2.75, 3.05) is 20.7 Å². The lowest BCUT2D eigenvalue weighted by atomic mass is 10.1. The predicted molar refractivity (Wildman–Crippen MR) is 95.2 cm³/mol. The minimum atomic E-state index is -3.65. The third-order valence-corrected chi connectivity index (χ3v) is 5.67. The van der Waals surface area contributed by atoms with Gasteiger partial charge in [-0.2, -0.15) is 0 Å². The summed E-state index contributed by atoms with van der Waals surface area (Å²) in [5.41, 5.74) is 1.14. The summed E-state index contributed by atoms with van der Waals surface area (Å²) in [7, 11) is -0.814. The number of aryl methyl sites for hydroxylation is 1. The highest BCUT2D eigenvalue weighted by Crippen LogP contribution is 2.23. The number of halogens is 1. The SMILES string of the molecule is CN(C)S(=O)(=O)c1ccc(Cl)c(C(=O)OCCCc2ccncc2)c1. The van der Waals surface area contributed by atoms with Gasteiger partial charge < -0.3 is 4.74 Å². The van der Waals surface area contributed by atoms with E-state index in [1.807, 2.05) is 12.1 Å². The molecule has 0 amide bonds. The lowest BCUT2D eigenvalue weighted by Crippen LogP contribution is -2.22. The average molecular weight is 383 g/mol. The minimum absolute atomic E-state index is 0.00867. The first-order valence-electron chi connectivity index (χ1n) is 7.60. The summed E-state index contributed by atoms with van der Waals surface area (Å²) in [5.74, 6) is -0.643. The number of ether oxygens (including phenoxy) is 1. The zero-order valence-corrected chi connectivity index (χ0v) is 15.5. The molecule has 0 bridgehead atoms. The van der Waals surface area contributed by atoms with E-state index in [9.17, 15) is 13.2 Å². The van der Waals surface area contributed by atoms with Crippen molar-refractivity contribution in [1.82, 2.24) is 9.29 Å². The van der Waals surface area contributed by atoms with Gasteiger partial charge in [0.25, 0.3) is 0 Å². The number of rotatable bonds is 7. The van der Waals surface area contributed by atoms with E-state index in [-0.39, 0.29) is 22.1 Å². The molecule has 25 heavy (non-hydrogen) atoms. The zero-order valence-electron chi connectivity index (χ0n) is 14.0. The number of hydrogen-bond donors (Lipinski definition) is 0. The van der Waals surface area contributed by atoms with Gasteiger partial charge in [0.05, 0.1) is 22.1 Å². The van der Waals surface area contributed by atoms with Crippen LogP contribution in [-0.4, -0.2) is 44.4 Å². The van der Waals surface area contributed by atoms with Gasteiger partial charge in [-0.3, -0.25) is 4.98 Å². The second kappa shape index (κ2) is 8.42. The van der Waals surface area contributed by atoms with Gasteiger partial charge in [0, 0.05) is 26.5 Å². The summed E-state index contributed by atoms with van der Waals surface area (Å²) in [5, 5.41) is 0.150. The van der Waals surface area contributed by atoms with E-state index in [2.05, 4.69) is 4.98 Å². The Kier molecular flexibility index (Phi) is 6.52. The first-order chi connectivity index (χ1) is 11.8. The second-order valence-electron chi connectivity index (χ2n) is 5.52. The Bertz CT molecular complexity index is 839. The van der Waals surface area contributed by atoms with Crippen LogP contribution in [0.25, 0.3) is 0 Å². The van der Waals surface area contributed by atoms with Crippen molar-refractivity contribution in [3.05, 3.63) is 58.9 Å². The van der Waals surface area contributed by atoms with Crippen LogP contribution in [0.3, 0.4) is 0 Å². The molecular weight excluding hydrogens is 364 g/mol. The van der Waals surface area contributed by atoms with Gasteiger partial charge in [0.2, 0.25) is 10.0 Å². The van der Waals surface area contributed by atoms with E-state index in [0.717, 1.165) is 16.3 Å². The monoisotopic (exact) mass is 382 g/mol. The van der Waals surface area contributed by atoms with Gasteiger partial charge >= 0.3 is 5.97 Å². The molecule has 0 spiro atoms. The summed E-state index contributed by atoms with van der Waals surface area (Å²) in [4.78, 5) is 16.1. The molecule has 1 aromatic heterocycles. The largest absolute Gasteiger partial charge is 0.462 e. The highest BCUT2D eigenvalue weighted by molar-refractivity contribution is 7.89. The Balaban J connectivity index is 2.01. The molecule has 1 heterocycles. The second-order valence-corrected chi connectivity index (χ2v) is 8.08. The Morgan fingerprint density at radius 2 is 1.88 bits per heavy atom. The Morgan fingerprint density at radius 3 is 2.52 bits per heavy atom. The number of nitrogens with zero attached hydrogens (tertiary/aromatic N) is 2. The number of sulfonamides is 1. The molecule has 2 aromatic rings. The van der Waals surface area contributed by atoms with Crippen molar-refractivity contribution in [3.63, 3.8) is 0 Å². The van der Waals surface area contributed by atoms with E-state index < -0.39 is 16.0 Å². The maximum atomic E-state index is 12.2. The lowest BCUT2D eigenvalue weighted by Gasteiger charge is -2.13. The number of esters is 1. The van der Waals surface area contributed by atoms with Gasteiger partial charge in [0.1, 0.15) is 0 Å². The summed E-state index contributed by atoms with van der Waals surface area (Å²) >= 11 is 6.01. The molecule has 0 unspecified atom stereocenters. The maximum absolute atomic E-state index is 12.2. The van der Waals surface area contributed by atoms with Crippen LogP contribution in [0, 0.1) is 0 Å². The fourth-order valence-electron chi connectivity index (χ4n) is 2.10. The molecule has 0 aliphatic rings. The van der Waals surface area contributed by atoms with Crippen LogP contribution in [0.15, 0.2) is 47.6 Å². The molecule has 8 heteroatoms. The van der Waals surface area contributed by atoms with Gasteiger partial charge in [-0.1, -0.05) is 11.6 Å². The normalized spacial score (nSPS) is 11.5. The van der Waals surface area contributed by atoms with Crippen LogP contribution in [0.2, 0.25) is 5.02 Å². The molecule has 0 aliphatic heterocycles. The Labute approximate surface area is 152 Å². The molecule has 1 aromatic carbocycles. The molecular formula is C17H19ClN2O4S. The average Bonchev–Trinajstić information content (AvgIpc) is 2.59. The van der Waals surface area contributed by atoms with E-state index in [4.69, 9.17) is 16.3 Å². The molecule has 0 fully saturated rings. The van der Waals surface area contributed by atoms with Gasteiger partial charge in [-0.15, -0.1) is 0 Å². The van der Waals surface area contributed by atoms with E-state index in [1.54, 1.807) is 12.4 Å². The summed E-state index contributed by atoms with van der Waals surface area (Å²) in [6.45, 7) is 0.210. The predicted octanol–water partition coefficient (Wildman–Crippen LogP) is 2.77. The van der Waals surface area contributed by atoms with Crippen LogP contribution in [0.5, 0.6) is 0 Å². The molecule has 0 saturated heterocycles. The quantitative estimate of drug-likeness (QED) is 0.543. The number of pyridine rings is 1. The topological polar surface area (TPSA) is 76.6 Å². The molecule has 0 atom stereocenters. The summed E-state index contributed by atoms with van der Waals surface area (Å²) < 4.78 is 30.6. The van der Waals surface area contributed by atoms with Crippen molar-refractivity contribution in [2.24, 2.45) is 0 Å². The van der Waals surface area contributed by atoms with Crippen molar-refractivity contribution >= 4 is 27.6 Å².